The van der Waals surface area contributed by atoms with Crippen LogP contribution in [0.3, 0.4) is 0 Å². The number of amides is 2. The first kappa shape index (κ1) is 39.4. The largest absolute Gasteiger partial charge is 0.497 e. The molecule has 3 aliphatic rings. The maximum Gasteiger partial charge on any atom is 0.269 e. The molecular weight excluding hydrogens is 771 g/mol. The molecule has 1 N–H and O–H groups in total. The summed E-state index contributed by atoms with van der Waals surface area (Å²) in [7, 11) is -0.714. The van der Waals surface area contributed by atoms with E-state index in [2.05, 4.69) is 42.5 Å². The van der Waals surface area contributed by atoms with E-state index in [1.807, 2.05) is 131 Å². The number of methoxy groups -OCH3 is 1. The van der Waals surface area contributed by atoms with Gasteiger partial charge >= 0.3 is 0 Å². The Morgan fingerprint density at radius 3 is 2.40 bits per heavy atom. The summed E-state index contributed by atoms with van der Waals surface area (Å²) in [5.41, 5.74) is 4.48. The number of hydrogen-bond donors (Lipinski definition) is 1. The Morgan fingerprint density at radius 2 is 1.63 bits per heavy atom. The van der Waals surface area contributed by atoms with Crippen LogP contribution in [0.15, 0.2) is 134 Å². The van der Waals surface area contributed by atoms with Crippen LogP contribution in [0, 0.1) is 5.92 Å². The zero-order valence-corrected chi connectivity index (χ0v) is 35.3. The maximum atomic E-state index is 15.4. The van der Waals surface area contributed by atoms with Crippen molar-refractivity contribution in [3.05, 3.63) is 156 Å². The van der Waals surface area contributed by atoms with E-state index in [0.717, 1.165) is 28.1 Å². The summed E-state index contributed by atoms with van der Waals surface area (Å²) in [6, 6.07) is 41.6. The van der Waals surface area contributed by atoms with E-state index in [0.29, 0.717) is 42.3 Å². The number of nitrogens with zero attached hydrogens (tertiary/aromatic N) is 5. The average molecular weight is 820 g/mol. The molecule has 1 unspecified atom stereocenters. The Balaban J connectivity index is 1.05. The van der Waals surface area contributed by atoms with Crippen LogP contribution in [0.25, 0.3) is 0 Å². The first-order valence-electron chi connectivity index (χ1n) is 20.6. The SMILES string of the molecule is COc1ccc([Si](C)(C)[C@@H]2[C@@H](CCn3cc(C(CO)c4ccccc4)nn3)O[C@]3(C(=O)N(Cc4cccc(N5C(=O)COc6ccccc65)c4)c4ccccc43)[C@H]2C)cc1. The smallest absolute Gasteiger partial charge is 0.269 e. The molecule has 12 heteroatoms. The fourth-order valence-electron chi connectivity index (χ4n) is 9.95. The minimum atomic E-state index is -2.39. The topological polar surface area (TPSA) is 119 Å². The lowest BCUT2D eigenvalue weighted by molar-refractivity contribution is -0.146. The van der Waals surface area contributed by atoms with Crippen molar-refractivity contribution in [2.75, 3.05) is 30.1 Å². The minimum absolute atomic E-state index is 0.0380. The summed E-state index contributed by atoms with van der Waals surface area (Å²) in [4.78, 5) is 32.2. The third-order valence-corrected chi connectivity index (χ3v) is 17.3. The monoisotopic (exact) mass is 819 g/mol. The molecule has 0 saturated carbocycles. The second-order valence-corrected chi connectivity index (χ2v) is 21.2. The predicted octanol–water partition coefficient (Wildman–Crippen LogP) is 7.32. The summed E-state index contributed by atoms with van der Waals surface area (Å²) in [5, 5.41) is 20.6. The quantitative estimate of drug-likeness (QED) is 0.128. The molecule has 306 valence electrons. The standard InChI is InChI=1S/C48H49N5O6Si/c1-32-46(60(3,4)37-23-21-36(57-2)22-24-37)44(25-26-51-29-40(49-50-51)38(30-54)34-14-6-5-7-15-34)59-48(32)39-17-8-9-18-41(39)52(47(48)56)28-33-13-12-16-35(27-33)53-42-19-10-11-20-43(42)58-31-45(53)55/h5-24,27,29,32,38,44,46,54H,25-26,28,30-31H2,1-4H3/t32-,38?,44+,46-,48+/m0/s1. The van der Waals surface area contributed by atoms with Gasteiger partial charge in [0.05, 0.1) is 57.4 Å². The second-order valence-electron chi connectivity index (χ2n) is 16.6. The molecule has 0 radical (unpaired) electrons. The molecular formula is C48H49N5O6Si. The maximum absolute atomic E-state index is 15.4. The number of aliphatic hydroxyl groups excluding tert-OH is 1. The Kier molecular flexibility index (Phi) is 10.4. The van der Waals surface area contributed by atoms with Gasteiger partial charge in [-0.2, -0.15) is 0 Å². The Labute approximate surface area is 351 Å². The van der Waals surface area contributed by atoms with E-state index in [4.69, 9.17) is 14.2 Å². The molecule has 1 spiro atoms. The van der Waals surface area contributed by atoms with Gasteiger partial charge in [-0.05, 0) is 65.6 Å². The summed E-state index contributed by atoms with van der Waals surface area (Å²) in [5.74, 6) is 0.738. The fourth-order valence-corrected chi connectivity index (χ4v) is 14.0. The number of carbonyl (C=O) groups is 2. The van der Waals surface area contributed by atoms with Crippen molar-refractivity contribution in [3.63, 3.8) is 0 Å². The van der Waals surface area contributed by atoms with E-state index >= 15 is 4.79 Å². The summed E-state index contributed by atoms with van der Waals surface area (Å²) in [6.45, 7) is 7.64. The number of fused-ring (bicyclic) bond motifs is 3. The van der Waals surface area contributed by atoms with Crippen LogP contribution in [-0.4, -0.2) is 66.4 Å². The fraction of sp³-hybridized carbons (Fsp3) is 0.292. The first-order valence-corrected chi connectivity index (χ1v) is 23.6. The number of carbonyl (C=O) groups excluding carboxylic acids is 2. The van der Waals surface area contributed by atoms with Gasteiger partial charge in [0.2, 0.25) is 0 Å². The van der Waals surface area contributed by atoms with E-state index in [-0.39, 0.29) is 48.5 Å². The molecule has 1 aromatic heterocycles. The molecule has 0 bridgehead atoms. The predicted molar refractivity (Wildman–Crippen MR) is 233 cm³/mol. The first-order chi connectivity index (χ1) is 29.1. The zero-order chi connectivity index (χ0) is 41.6. The molecule has 6 aromatic rings. The third-order valence-electron chi connectivity index (χ3n) is 12.9. The lowest BCUT2D eigenvalue weighted by Gasteiger charge is -2.37. The highest BCUT2D eigenvalue weighted by atomic mass is 28.3. The van der Waals surface area contributed by atoms with Gasteiger partial charge in [0.15, 0.2) is 12.2 Å². The van der Waals surface area contributed by atoms with Gasteiger partial charge in [-0.25, -0.2) is 0 Å². The highest BCUT2D eigenvalue weighted by Gasteiger charge is 2.66. The highest BCUT2D eigenvalue weighted by molar-refractivity contribution is 6.91. The van der Waals surface area contributed by atoms with Crippen LogP contribution in [0.4, 0.5) is 17.1 Å². The van der Waals surface area contributed by atoms with Crippen LogP contribution in [0.2, 0.25) is 18.6 Å². The van der Waals surface area contributed by atoms with Crippen molar-refractivity contribution in [3.8, 4) is 11.5 Å². The number of aryl methyl sites for hydroxylation is 1. The van der Waals surface area contributed by atoms with Gasteiger partial charge in [0.1, 0.15) is 11.5 Å². The number of benzene rings is 5. The number of anilines is 3. The van der Waals surface area contributed by atoms with Crippen LogP contribution >= 0.6 is 0 Å². The van der Waals surface area contributed by atoms with Crippen LogP contribution in [-0.2, 0) is 33.0 Å². The van der Waals surface area contributed by atoms with Gasteiger partial charge in [-0.1, -0.05) is 115 Å². The Morgan fingerprint density at radius 1 is 0.900 bits per heavy atom. The minimum Gasteiger partial charge on any atom is -0.497 e. The third kappa shape index (κ3) is 6.68. The summed E-state index contributed by atoms with van der Waals surface area (Å²) in [6.07, 6.45) is 2.23. The normalized spacial score (nSPS) is 21.5. The molecule has 2 amide bonds. The van der Waals surface area contributed by atoms with Crippen molar-refractivity contribution >= 4 is 42.1 Å². The van der Waals surface area contributed by atoms with E-state index in [1.54, 1.807) is 12.0 Å². The van der Waals surface area contributed by atoms with Crippen molar-refractivity contribution in [2.45, 2.75) is 62.7 Å². The van der Waals surface area contributed by atoms with Gasteiger partial charge in [-0.3, -0.25) is 19.2 Å². The molecule has 0 aliphatic carbocycles. The number of ether oxygens (including phenoxy) is 3. The lowest BCUT2D eigenvalue weighted by atomic mass is 9.82. The summed E-state index contributed by atoms with van der Waals surface area (Å²) >= 11 is 0. The van der Waals surface area contributed by atoms with Gasteiger partial charge in [0.25, 0.3) is 11.8 Å². The van der Waals surface area contributed by atoms with E-state index < -0.39 is 13.7 Å². The summed E-state index contributed by atoms with van der Waals surface area (Å²) < 4.78 is 20.5. The van der Waals surface area contributed by atoms with Crippen LogP contribution in [0.5, 0.6) is 11.5 Å². The van der Waals surface area contributed by atoms with E-state index in [1.165, 1.54) is 5.19 Å². The average Bonchev–Trinajstić information content (AvgIpc) is 3.93. The molecule has 11 nitrogen and oxygen atoms in total. The van der Waals surface area contributed by atoms with Crippen LogP contribution in [0.1, 0.15) is 41.6 Å². The number of aliphatic hydroxyl groups is 1. The Hall–Kier alpha value is -6.08. The number of para-hydroxylation sites is 3. The van der Waals surface area contributed by atoms with Crippen molar-refractivity contribution in [1.29, 1.82) is 0 Å². The van der Waals surface area contributed by atoms with Crippen molar-refractivity contribution in [2.24, 2.45) is 5.92 Å². The molecule has 60 heavy (non-hydrogen) atoms. The molecule has 9 rings (SSSR count). The second kappa shape index (κ2) is 15.8. The molecule has 3 aliphatic heterocycles. The lowest BCUT2D eigenvalue weighted by Crippen LogP contribution is -2.51. The molecule has 1 saturated heterocycles. The van der Waals surface area contributed by atoms with Crippen molar-refractivity contribution < 1.29 is 28.9 Å². The van der Waals surface area contributed by atoms with Gasteiger partial charge < -0.3 is 24.2 Å². The zero-order valence-electron chi connectivity index (χ0n) is 34.3. The highest BCUT2D eigenvalue weighted by Crippen LogP contribution is 2.60. The van der Waals surface area contributed by atoms with E-state index in [9.17, 15) is 9.90 Å². The molecule has 4 heterocycles. The molecule has 5 atom stereocenters. The molecule has 5 aromatic carbocycles. The van der Waals surface area contributed by atoms with Gasteiger partial charge in [-0.15, -0.1) is 5.10 Å². The van der Waals surface area contributed by atoms with Gasteiger partial charge in [0, 0.05) is 29.9 Å². The Bertz CT molecular complexity index is 2530. The molecule has 1 fully saturated rings. The number of aromatic nitrogens is 3. The van der Waals surface area contributed by atoms with Crippen LogP contribution < -0.4 is 24.5 Å². The number of rotatable bonds is 12. The number of hydrogen-bond acceptors (Lipinski definition) is 8. The van der Waals surface area contributed by atoms with Crippen molar-refractivity contribution in [1.82, 2.24) is 15.0 Å².